The van der Waals surface area contributed by atoms with Gasteiger partial charge in [-0.2, -0.15) is 13.2 Å². The largest absolute Gasteiger partial charge is 0.496 e. The molecule has 3 aromatic rings. The summed E-state index contributed by atoms with van der Waals surface area (Å²) in [5.41, 5.74) is 1.77. The van der Waals surface area contributed by atoms with Gasteiger partial charge in [0.1, 0.15) is 12.4 Å². The van der Waals surface area contributed by atoms with Gasteiger partial charge in [-0.3, -0.25) is 9.59 Å². The third-order valence-corrected chi connectivity index (χ3v) is 6.14. The fourth-order valence-corrected chi connectivity index (χ4v) is 4.41. The molecule has 0 aromatic heterocycles. The highest BCUT2D eigenvalue weighted by Crippen LogP contribution is 2.37. The fraction of sp³-hybridized carbons (Fsp3) is 0.286. The first-order valence-corrected chi connectivity index (χ1v) is 12.5. The Labute approximate surface area is 234 Å². The third kappa shape index (κ3) is 8.88. The lowest BCUT2D eigenvalue weighted by Gasteiger charge is -2.17. The molecule has 0 saturated carbocycles. The van der Waals surface area contributed by atoms with Gasteiger partial charge in [-0.15, -0.1) is 0 Å². The molecule has 0 aliphatic carbocycles. The van der Waals surface area contributed by atoms with E-state index in [1.54, 1.807) is 36.4 Å². The van der Waals surface area contributed by atoms with Crippen molar-refractivity contribution >= 4 is 35.1 Å². The second kappa shape index (κ2) is 13.7. The van der Waals surface area contributed by atoms with Gasteiger partial charge in [0.15, 0.2) is 0 Å². The second-order valence-corrected chi connectivity index (χ2v) is 9.40. The molecule has 208 valence electrons. The van der Waals surface area contributed by atoms with Crippen molar-refractivity contribution in [1.29, 1.82) is 0 Å². The summed E-state index contributed by atoms with van der Waals surface area (Å²) in [4.78, 5) is 23.9. The van der Waals surface area contributed by atoms with Gasteiger partial charge in [0.2, 0.25) is 0 Å². The number of carbonyl (C=O) groups excluding carboxylic acids is 2. The summed E-state index contributed by atoms with van der Waals surface area (Å²) in [6.07, 6.45) is -4.57. The highest BCUT2D eigenvalue weighted by atomic mass is 35.5. The number of benzene rings is 3. The second-order valence-electron chi connectivity index (χ2n) is 8.52. The number of halogens is 5. The van der Waals surface area contributed by atoms with Crippen molar-refractivity contribution in [1.82, 2.24) is 5.32 Å². The maximum Gasteiger partial charge on any atom is 0.416 e. The minimum absolute atomic E-state index is 0.00871. The molecule has 0 aliphatic heterocycles. The number of ether oxygens (including phenoxy) is 3. The van der Waals surface area contributed by atoms with Gasteiger partial charge in [-0.05, 0) is 64.7 Å². The average Bonchev–Trinajstić information content (AvgIpc) is 2.88. The quantitative estimate of drug-likeness (QED) is 0.202. The van der Waals surface area contributed by atoms with Gasteiger partial charge >= 0.3 is 18.1 Å². The van der Waals surface area contributed by atoms with E-state index in [0.717, 1.165) is 12.1 Å². The molecular formula is C28H26Cl2F3NO5. The molecule has 11 heteroatoms. The van der Waals surface area contributed by atoms with Crippen LogP contribution in [0.1, 0.15) is 28.7 Å². The molecule has 0 atom stereocenters. The van der Waals surface area contributed by atoms with Crippen molar-refractivity contribution in [3.8, 4) is 16.9 Å². The fourth-order valence-electron chi connectivity index (χ4n) is 3.84. The molecule has 39 heavy (non-hydrogen) atoms. The van der Waals surface area contributed by atoms with Gasteiger partial charge in [0.25, 0.3) is 0 Å². The van der Waals surface area contributed by atoms with Gasteiger partial charge < -0.3 is 19.5 Å². The van der Waals surface area contributed by atoms with Gasteiger partial charge in [0, 0.05) is 28.7 Å². The molecule has 0 saturated heterocycles. The molecule has 3 rings (SSSR count). The summed E-state index contributed by atoms with van der Waals surface area (Å²) in [6, 6.07) is 13.2. The molecule has 0 amide bonds. The number of hydrogen-bond donors (Lipinski definition) is 1. The first kappa shape index (κ1) is 30.3. The minimum atomic E-state index is -4.54. The van der Waals surface area contributed by atoms with Gasteiger partial charge in [-0.1, -0.05) is 35.3 Å². The number of esters is 2. The van der Waals surface area contributed by atoms with Crippen LogP contribution in [0, 0.1) is 0 Å². The zero-order valence-corrected chi connectivity index (χ0v) is 22.7. The summed E-state index contributed by atoms with van der Waals surface area (Å²) in [5.74, 6) is -0.528. The van der Waals surface area contributed by atoms with Crippen LogP contribution in [0.4, 0.5) is 13.2 Å². The van der Waals surface area contributed by atoms with Crippen LogP contribution in [0.15, 0.2) is 54.6 Å². The van der Waals surface area contributed by atoms with Crippen LogP contribution < -0.4 is 10.1 Å². The summed E-state index contributed by atoms with van der Waals surface area (Å²) >= 11 is 11.9. The Hall–Kier alpha value is -3.27. The van der Waals surface area contributed by atoms with E-state index in [1.807, 2.05) is 0 Å². The predicted molar refractivity (Wildman–Crippen MR) is 142 cm³/mol. The zero-order valence-electron chi connectivity index (χ0n) is 21.2. The molecule has 0 aliphatic rings. The Morgan fingerprint density at radius 3 is 2.23 bits per heavy atom. The number of alkyl halides is 3. The van der Waals surface area contributed by atoms with Crippen LogP contribution in [-0.2, 0) is 44.8 Å². The lowest BCUT2D eigenvalue weighted by molar-refractivity contribution is -0.145. The summed E-state index contributed by atoms with van der Waals surface area (Å²) < 4.78 is 55.9. The van der Waals surface area contributed by atoms with E-state index in [4.69, 9.17) is 37.4 Å². The molecule has 0 unspecified atom stereocenters. The van der Waals surface area contributed by atoms with Gasteiger partial charge in [-0.25, -0.2) is 0 Å². The summed E-state index contributed by atoms with van der Waals surface area (Å²) in [5, 5.41) is 3.84. The number of nitrogens with one attached hydrogen (secondary N) is 1. The summed E-state index contributed by atoms with van der Waals surface area (Å²) in [7, 11) is 2.72. The molecule has 1 N–H and O–H groups in total. The van der Waals surface area contributed by atoms with E-state index in [-0.39, 0.29) is 32.5 Å². The van der Waals surface area contributed by atoms with Crippen LogP contribution in [0.2, 0.25) is 10.0 Å². The third-order valence-electron chi connectivity index (χ3n) is 5.71. The van der Waals surface area contributed by atoms with E-state index in [0.29, 0.717) is 43.6 Å². The lowest BCUT2D eigenvalue weighted by Crippen LogP contribution is -2.20. The minimum Gasteiger partial charge on any atom is -0.496 e. The zero-order chi connectivity index (χ0) is 28.6. The molecule has 0 heterocycles. The normalized spacial score (nSPS) is 11.3. The molecule has 3 aromatic carbocycles. The molecule has 0 bridgehead atoms. The van der Waals surface area contributed by atoms with E-state index < -0.39 is 23.7 Å². The molecule has 0 fully saturated rings. The number of rotatable bonds is 11. The standard InChI is InChI=1S/C28H26Cl2F3NO5/c1-37-25-6-3-17(12-27(36)38-2)11-24(25)23-5-4-20(28(31,32)33)13-19(23)15-34-8-7-26(35)39-16-18-9-21(29)14-22(30)10-18/h3-6,9-11,13-14,34H,7-8,12,15-16H2,1-2H3. The van der Waals surface area contributed by atoms with Crippen molar-refractivity contribution in [2.75, 3.05) is 20.8 Å². The molecule has 0 spiro atoms. The highest BCUT2D eigenvalue weighted by molar-refractivity contribution is 6.34. The summed E-state index contributed by atoms with van der Waals surface area (Å²) in [6.45, 7) is 0.170. The number of carbonyl (C=O) groups is 2. The van der Waals surface area contributed by atoms with Crippen molar-refractivity contribution in [3.63, 3.8) is 0 Å². The Morgan fingerprint density at radius 1 is 0.872 bits per heavy atom. The van der Waals surface area contributed by atoms with E-state index in [2.05, 4.69) is 5.32 Å². The highest BCUT2D eigenvalue weighted by Gasteiger charge is 2.31. The smallest absolute Gasteiger partial charge is 0.416 e. The van der Waals surface area contributed by atoms with Crippen molar-refractivity contribution < 1.29 is 37.0 Å². The van der Waals surface area contributed by atoms with Crippen LogP contribution in [0.25, 0.3) is 11.1 Å². The van der Waals surface area contributed by atoms with E-state index in [9.17, 15) is 22.8 Å². The number of methoxy groups -OCH3 is 2. The maximum absolute atomic E-state index is 13.5. The average molecular weight is 584 g/mol. The Balaban J connectivity index is 1.74. The van der Waals surface area contributed by atoms with Crippen molar-refractivity contribution in [2.24, 2.45) is 0 Å². The maximum atomic E-state index is 13.5. The lowest BCUT2D eigenvalue weighted by atomic mass is 9.94. The first-order chi connectivity index (χ1) is 18.5. The predicted octanol–water partition coefficient (Wildman–Crippen LogP) is 6.63. The van der Waals surface area contributed by atoms with Crippen LogP contribution >= 0.6 is 23.2 Å². The molecular weight excluding hydrogens is 558 g/mol. The Bertz CT molecular complexity index is 1310. The number of hydrogen-bond acceptors (Lipinski definition) is 6. The van der Waals surface area contributed by atoms with Crippen molar-refractivity contribution in [3.05, 3.63) is 86.9 Å². The Kier molecular flexibility index (Phi) is 10.6. The van der Waals surface area contributed by atoms with Crippen LogP contribution in [-0.4, -0.2) is 32.7 Å². The van der Waals surface area contributed by atoms with Crippen LogP contribution in [0.5, 0.6) is 5.75 Å². The first-order valence-electron chi connectivity index (χ1n) is 11.8. The Morgan fingerprint density at radius 2 is 1.59 bits per heavy atom. The van der Waals surface area contributed by atoms with E-state index >= 15 is 0 Å². The SMILES string of the molecule is COC(=O)Cc1ccc(OC)c(-c2ccc(C(F)(F)F)cc2CNCCC(=O)OCc2cc(Cl)cc(Cl)c2)c1. The molecule has 6 nitrogen and oxygen atoms in total. The topological polar surface area (TPSA) is 73.9 Å². The monoisotopic (exact) mass is 583 g/mol. The van der Waals surface area contributed by atoms with E-state index in [1.165, 1.54) is 20.3 Å². The van der Waals surface area contributed by atoms with Crippen molar-refractivity contribution in [2.45, 2.75) is 32.2 Å². The van der Waals surface area contributed by atoms with Crippen LogP contribution in [0.3, 0.4) is 0 Å². The molecule has 0 radical (unpaired) electrons. The van der Waals surface area contributed by atoms with Gasteiger partial charge in [0.05, 0.1) is 32.6 Å².